The number of hydrogen-bond donors (Lipinski definition) is 1. The largest absolute Gasteiger partial charge is 0.469 e. The van der Waals surface area contributed by atoms with Crippen LogP contribution in [0.4, 0.5) is 0 Å². The maximum atomic E-state index is 11.9. The molecule has 3 heteroatoms. The van der Waals surface area contributed by atoms with Gasteiger partial charge in [-0.15, -0.1) is 0 Å². The minimum absolute atomic E-state index is 0.190. The van der Waals surface area contributed by atoms with Gasteiger partial charge in [-0.2, -0.15) is 0 Å². The fourth-order valence-corrected chi connectivity index (χ4v) is 3.72. The van der Waals surface area contributed by atoms with E-state index in [4.69, 9.17) is 4.74 Å². The number of ether oxygens (including phenoxy) is 1. The molecular formula is C21H27NO2. The van der Waals surface area contributed by atoms with Crippen molar-refractivity contribution in [3.8, 4) is 0 Å². The molecule has 0 saturated heterocycles. The summed E-state index contributed by atoms with van der Waals surface area (Å²) in [5.74, 6) is 0.527. The van der Waals surface area contributed by atoms with Gasteiger partial charge in [0.15, 0.2) is 0 Å². The van der Waals surface area contributed by atoms with Gasteiger partial charge < -0.3 is 9.72 Å². The molecule has 3 nitrogen and oxygen atoms in total. The number of aromatic amines is 1. The number of fused-ring (bicyclic) bond motifs is 1. The number of carbonyl (C=O) groups excluding carboxylic acids is 1. The zero-order chi connectivity index (χ0) is 17.3. The maximum absolute atomic E-state index is 11.9. The molecule has 1 atom stereocenters. The van der Waals surface area contributed by atoms with Crippen LogP contribution in [0, 0.1) is 11.3 Å². The Morgan fingerprint density at radius 2 is 2.04 bits per heavy atom. The van der Waals surface area contributed by atoms with Crippen LogP contribution in [0.5, 0.6) is 0 Å². The van der Waals surface area contributed by atoms with E-state index in [1.807, 2.05) is 12.1 Å². The van der Waals surface area contributed by atoms with Crippen LogP contribution in [-0.4, -0.2) is 18.1 Å². The number of rotatable bonds is 3. The second-order valence-electron chi connectivity index (χ2n) is 7.84. The van der Waals surface area contributed by atoms with Crippen LogP contribution in [0.25, 0.3) is 16.5 Å². The lowest BCUT2D eigenvalue weighted by molar-refractivity contribution is -0.139. The molecular weight excluding hydrogens is 298 g/mol. The summed E-state index contributed by atoms with van der Waals surface area (Å²) in [5, 5.41) is 1.12. The Kier molecular flexibility index (Phi) is 4.53. The molecule has 2 aromatic rings. The zero-order valence-electron chi connectivity index (χ0n) is 15.1. The Morgan fingerprint density at radius 3 is 2.67 bits per heavy atom. The highest BCUT2D eigenvalue weighted by Gasteiger charge is 2.28. The molecule has 0 radical (unpaired) electrons. The van der Waals surface area contributed by atoms with Crippen LogP contribution in [0.15, 0.2) is 30.3 Å². The van der Waals surface area contributed by atoms with Crippen LogP contribution >= 0.6 is 0 Å². The van der Waals surface area contributed by atoms with Gasteiger partial charge in [0.2, 0.25) is 0 Å². The van der Waals surface area contributed by atoms with Crippen molar-refractivity contribution < 1.29 is 9.53 Å². The molecule has 1 unspecified atom stereocenters. The molecule has 0 bridgehead atoms. The number of esters is 1. The van der Waals surface area contributed by atoms with Crippen molar-refractivity contribution in [2.75, 3.05) is 7.11 Å². The zero-order valence-corrected chi connectivity index (χ0v) is 15.1. The molecule has 1 aliphatic rings. The number of methoxy groups -OCH3 is 1. The molecule has 1 aromatic heterocycles. The van der Waals surface area contributed by atoms with Crippen LogP contribution in [0.1, 0.15) is 51.3 Å². The molecule has 1 aliphatic carbocycles. The van der Waals surface area contributed by atoms with Crippen LogP contribution < -0.4 is 0 Å². The van der Waals surface area contributed by atoms with Gasteiger partial charge in [0.05, 0.1) is 13.5 Å². The van der Waals surface area contributed by atoms with E-state index >= 15 is 0 Å². The van der Waals surface area contributed by atoms with Crippen molar-refractivity contribution in [3.05, 3.63) is 41.6 Å². The number of allylic oxidation sites excluding steroid dienone is 2. The number of carbonyl (C=O) groups is 1. The quantitative estimate of drug-likeness (QED) is 0.796. The number of nitrogens with one attached hydrogen (secondary N) is 1. The van der Waals surface area contributed by atoms with Gasteiger partial charge in [-0.25, -0.2) is 0 Å². The average molecular weight is 325 g/mol. The summed E-state index contributed by atoms with van der Waals surface area (Å²) in [7, 11) is 1.45. The number of aromatic nitrogens is 1. The molecule has 1 heterocycles. The summed E-state index contributed by atoms with van der Waals surface area (Å²) in [6.45, 7) is 6.96. The minimum atomic E-state index is -0.190. The Labute approximate surface area is 144 Å². The van der Waals surface area contributed by atoms with Gasteiger partial charge in [-0.3, -0.25) is 4.79 Å². The van der Waals surface area contributed by atoms with Crippen molar-refractivity contribution in [3.63, 3.8) is 0 Å². The first kappa shape index (κ1) is 16.8. The van der Waals surface area contributed by atoms with Crippen molar-refractivity contribution in [1.29, 1.82) is 0 Å². The third-order valence-electron chi connectivity index (χ3n) is 5.32. The Morgan fingerprint density at radius 1 is 1.29 bits per heavy atom. The predicted octanol–water partition coefficient (Wildman–Crippen LogP) is 5.11. The molecule has 3 rings (SSSR count). The maximum Gasteiger partial charge on any atom is 0.310 e. The Bertz CT molecular complexity index is 777. The summed E-state index contributed by atoms with van der Waals surface area (Å²) in [4.78, 5) is 15.4. The first-order valence-corrected chi connectivity index (χ1v) is 8.76. The van der Waals surface area contributed by atoms with E-state index in [2.05, 4.69) is 44.0 Å². The SMILES string of the molecule is COC(=O)Cc1c(C2=CCC(C(C)(C)C)CC2)[nH]c2ccccc12. The van der Waals surface area contributed by atoms with Gasteiger partial charge >= 0.3 is 5.97 Å². The molecule has 1 aromatic carbocycles. The monoisotopic (exact) mass is 325 g/mol. The molecule has 128 valence electrons. The molecule has 0 amide bonds. The second kappa shape index (κ2) is 6.46. The fourth-order valence-electron chi connectivity index (χ4n) is 3.72. The number of para-hydroxylation sites is 1. The van der Waals surface area contributed by atoms with Crippen molar-refractivity contribution in [1.82, 2.24) is 4.98 Å². The normalized spacial score (nSPS) is 18.5. The van der Waals surface area contributed by atoms with E-state index in [-0.39, 0.29) is 5.97 Å². The van der Waals surface area contributed by atoms with Gasteiger partial charge in [-0.1, -0.05) is 45.0 Å². The first-order valence-electron chi connectivity index (χ1n) is 8.76. The number of hydrogen-bond acceptors (Lipinski definition) is 2. The van der Waals surface area contributed by atoms with Crippen molar-refractivity contribution in [2.45, 2.75) is 46.5 Å². The molecule has 1 N–H and O–H groups in total. The highest BCUT2D eigenvalue weighted by Crippen LogP contribution is 2.41. The minimum Gasteiger partial charge on any atom is -0.469 e. The third kappa shape index (κ3) is 3.26. The molecule has 0 fully saturated rings. The van der Waals surface area contributed by atoms with E-state index in [0.29, 0.717) is 11.8 Å². The molecule has 24 heavy (non-hydrogen) atoms. The lowest BCUT2D eigenvalue weighted by Crippen LogP contribution is -2.22. The van der Waals surface area contributed by atoms with Crippen molar-refractivity contribution >= 4 is 22.4 Å². The van der Waals surface area contributed by atoms with E-state index in [9.17, 15) is 4.79 Å². The lowest BCUT2D eigenvalue weighted by atomic mass is 9.72. The summed E-state index contributed by atoms with van der Waals surface area (Å²) in [6.07, 6.45) is 6.04. The second-order valence-corrected chi connectivity index (χ2v) is 7.84. The molecule has 0 saturated carbocycles. The van der Waals surface area contributed by atoms with Crippen LogP contribution in [0.3, 0.4) is 0 Å². The third-order valence-corrected chi connectivity index (χ3v) is 5.32. The van der Waals surface area contributed by atoms with Crippen molar-refractivity contribution in [2.24, 2.45) is 11.3 Å². The van der Waals surface area contributed by atoms with E-state index < -0.39 is 0 Å². The fraction of sp³-hybridized carbons (Fsp3) is 0.476. The van der Waals surface area contributed by atoms with Gasteiger partial charge in [0.1, 0.15) is 0 Å². The van der Waals surface area contributed by atoms with Gasteiger partial charge in [0, 0.05) is 16.6 Å². The number of benzene rings is 1. The average Bonchev–Trinajstić information content (AvgIpc) is 2.93. The predicted molar refractivity (Wildman–Crippen MR) is 98.8 cm³/mol. The van der Waals surface area contributed by atoms with E-state index in [1.54, 1.807) is 0 Å². The Balaban J connectivity index is 1.99. The molecule has 0 aliphatic heterocycles. The highest BCUT2D eigenvalue weighted by molar-refractivity contribution is 5.92. The summed E-state index contributed by atoms with van der Waals surface area (Å²) in [5.41, 5.74) is 4.96. The number of H-pyrrole nitrogens is 1. The van der Waals surface area contributed by atoms with E-state index in [0.717, 1.165) is 40.9 Å². The first-order chi connectivity index (χ1) is 11.4. The standard InChI is InChI=1S/C21H27NO2/c1-21(2,3)15-11-9-14(10-12-15)20-17(13-19(23)24-4)16-7-5-6-8-18(16)22-20/h5-9,15,22H,10-13H2,1-4H3. The summed E-state index contributed by atoms with van der Waals surface area (Å²) in [6, 6.07) is 8.19. The van der Waals surface area contributed by atoms with E-state index in [1.165, 1.54) is 19.1 Å². The van der Waals surface area contributed by atoms with Crippen LogP contribution in [-0.2, 0) is 16.0 Å². The summed E-state index contributed by atoms with van der Waals surface area (Å²) >= 11 is 0. The highest BCUT2D eigenvalue weighted by atomic mass is 16.5. The summed E-state index contributed by atoms with van der Waals surface area (Å²) < 4.78 is 4.90. The van der Waals surface area contributed by atoms with Gasteiger partial charge in [-0.05, 0) is 47.8 Å². The van der Waals surface area contributed by atoms with Gasteiger partial charge in [0.25, 0.3) is 0 Å². The smallest absolute Gasteiger partial charge is 0.310 e. The topological polar surface area (TPSA) is 42.1 Å². The molecule has 0 spiro atoms. The lowest BCUT2D eigenvalue weighted by Gasteiger charge is -2.33. The van der Waals surface area contributed by atoms with Crippen LogP contribution in [0.2, 0.25) is 0 Å². The Hall–Kier alpha value is -2.03.